The lowest BCUT2D eigenvalue weighted by molar-refractivity contribution is 0.200. The van der Waals surface area contributed by atoms with E-state index in [1.165, 1.54) is 44.2 Å². The summed E-state index contributed by atoms with van der Waals surface area (Å²) in [5, 5.41) is 3.60. The maximum absolute atomic E-state index is 3.60. The molecule has 1 saturated carbocycles. The van der Waals surface area contributed by atoms with Gasteiger partial charge in [-0.1, -0.05) is 56.5 Å². The molecule has 0 bridgehead atoms. The van der Waals surface area contributed by atoms with E-state index in [4.69, 9.17) is 0 Å². The Kier molecular flexibility index (Phi) is 5.06. The Morgan fingerprint density at radius 1 is 1.24 bits per heavy atom. The van der Waals surface area contributed by atoms with Crippen LogP contribution in [0.2, 0.25) is 0 Å². The summed E-state index contributed by atoms with van der Waals surface area (Å²) in [5.41, 5.74) is 1.50. The minimum Gasteiger partial charge on any atom is -0.316 e. The van der Waals surface area contributed by atoms with E-state index in [0.717, 1.165) is 18.4 Å². The normalized spacial score (nSPS) is 17.7. The van der Waals surface area contributed by atoms with Gasteiger partial charge in [0.2, 0.25) is 0 Å². The molecule has 2 rings (SSSR count). The van der Waals surface area contributed by atoms with Gasteiger partial charge in [0.25, 0.3) is 0 Å². The van der Waals surface area contributed by atoms with Crippen LogP contribution in [0, 0.1) is 11.8 Å². The smallest absolute Gasteiger partial charge is 0.00147 e. The highest BCUT2D eigenvalue weighted by molar-refractivity contribution is 5.15. The average molecular weight is 231 g/mol. The highest BCUT2D eigenvalue weighted by Crippen LogP contribution is 2.34. The van der Waals surface area contributed by atoms with Crippen LogP contribution in [0.15, 0.2) is 30.3 Å². The molecular weight excluding hydrogens is 206 g/mol. The van der Waals surface area contributed by atoms with E-state index in [-0.39, 0.29) is 0 Å². The fourth-order valence-corrected chi connectivity index (χ4v) is 2.70. The van der Waals surface area contributed by atoms with Crippen molar-refractivity contribution in [2.24, 2.45) is 11.8 Å². The molecule has 1 N–H and O–H groups in total. The Morgan fingerprint density at radius 2 is 2.00 bits per heavy atom. The minimum atomic E-state index is 0.845. The van der Waals surface area contributed by atoms with Gasteiger partial charge in [-0.25, -0.2) is 0 Å². The van der Waals surface area contributed by atoms with Gasteiger partial charge in [0.15, 0.2) is 0 Å². The second-order valence-corrected chi connectivity index (χ2v) is 5.34. The van der Waals surface area contributed by atoms with Gasteiger partial charge in [0.05, 0.1) is 0 Å². The van der Waals surface area contributed by atoms with Crippen molar-refractivity contribution < 1.29 is 0 Å². The molecule has 1 aliphatic rings. The molecule has 0 saturated heterocycles. The summed E-state index contributed by atoms with van der Waals surface area (Å²) >= 11 is 0. The van der Waals surface area contributed by atoms with Crippen molar-refractivity contribution in [1.82, 2.24) is 5.32 Å². The fourth-order valence-electron chi connectivity index (χ4n) is 2.70. The topological polar surface area (TPSA) is 12.0 Å². The predicted molar refractivity (Wildman–Crippen MR) is 74.1 cm³/mol. The second-order valence-electron chi connectivity index (χ2n) is 5.34. The zero-order valence-electron chi connectivity index (χ0n) is 11.0. The average Bonchev–Trinajstić information content (AvgIpc) is 2.28. The molecule has 0 spiro atoms. The molecule has 1 aromatic carbocycles. The zero-order valence-corrected chi connectivity index (χ0v) is 11.0. The second kappa shape index (κ2) is 6.80. The minimum absolute atomic E-state index is 0.845. The Balaban J connectivity index is 1.86. The van der Waals surface area contributed by atoms with Gasteiger partial charge < -0.3 is 5.32 Å². The highest BCUT2D eigenvalue weighted by Gasteiger charge is 2.26. The van der Waals surface area contributed by atoms with E-state index >= 15 is 0 Å². The number of rotatable bonds is 7. The van der Waals surface area contributed by atoms with Gasteiger partial charge in [-0.3, -0.25) is 0 Å². The van der Waals surface area contributed by atoms with Crippen LogP contribution in [0.25, 0.3) is 0 Å². The first kappa shape index (κ1) is 12.6. The first-order chi connectivity index (χ1) is 8.40. The lowest BCUT2D eigenvalue weighted by Crippen LogP contribution is -2.33. The number of nitrogens with one attached hydrogen (secondary N) is 1. The van der Waals surface area contributed by atoms with Crippen LogP contribution in [0.4, 0.5) is 0 Å². The van der Waals surface area contributed by atoms with E-state index in [0.29, 0.717) is 0 Å². The number of benzene rings is 1. The molecule has 0 aromatic heterocycles. The molecule has 0 heterocycles. The molecule has 0 radical (unpaired) electrons. The summed E-state index contributed by atoms with van der Waals surface area (Å²) in [6.45, 7) is 4.61. The van der Waals surface area contributed by atoms with Crippen molar-refractivity contribution in [2.45, 2.75) is 39.0 Å². The van der Waals surface area contributed by atoms with Crippen LogP contribution >= 0.6 is 0 Å². The maximum atomic E-state index is 3.60. The van der Waals surface area contributed by atoms with Crippen LogP contribution in [-0.2, 0) is 6.42 Å². The van der Waals surface area contributed by atoms with Gasteiger partial charge in [-0.2, -0.15) is 0 Å². The maximum Gasteiger partial charge on any atom is -0.00147 e. The molecule has 1 heteroatoms. The van der Waals surface area contributed by atoms with E-state index < -0.39 is 0 Å². The Labute approximate surface area is 106 Å². The summed E-state index contributed by atoms with van der Waals surface area (Å²) in [6.07, 6.45) is 6.84. The van der Waals surface area contributed by atoms with Crippen LogP contribution in [0.3, 0.4) is 0 Å². The van der Waals surface area contributed by atoms with Crippen molar-refractivity contribution >= 4 is 0 Å². The van der Waals surface area contributed by atoms with Crippen molar-refractivity contribution in [3.8, 4) is 0 Å². The Hall–Kier alpha value is -0.820. The summed E-state index contributed by atoms with van der Waals surface area (Å²) in [4.78, 5) is 0. The first-order valence-electron chi connectivity index (χ1n) is 7.14. The van der Waals surface area contributed by atoms with Gasteiger partial charge in [0, 0.05) is 0 Å². The molecule has 1 aromatic rings. The van der Waals surface area contributed by atoms with Crippen LogP contribution in [0.5, 0.6) is 0 Å². The molecule has 0 aliphatic heterocycles. The predicted octanol–water partition coefficient (Wildman–Crippen LogP) is 3.65. The molecule has 0 amide bonds. The summed E-state index contributed by atoms with van der Waals surface area (Å²) in [5.74, 6) is 1.82. The van der Waals surface area contributed by atoms with Crippen molar-refractivity contribution in [3.05, 3.63) is 35.9 Å². The lowest BCUT2D eigenvalue weighted by atomic mass is 9.73. The van der Waals surface area contributed by atoms with Crippen molar-refractivity contribution in [1.29, 1.82) is 0 Å². The first-order valence-corrected chi connectivity index (χ1v) is 7.14. The van der Waals surface area contributed by atoms with Crippen LogP contribution in [0.1, 0.15) is 38.2 Å². The van der Waals surface area contributed by atoms with Gasteiger partial charge in [-0.15, -0.1) is 0 Å². The quantitative estimate of drug-likeness (QED) is 0.706. The SMILES string of the molecule is CCCNCC(Cc1ccccc1)C1CCC1. The Morgan fingerprint density at radius 3 is 2.59 bits per heavy atom. The van der Waals surface area contributed by atoms with E-state index in [1.807, 2.05) is 0 Å². The van der Waals surface area contributed by atoms with E-state index in [2.05, 4.69) is 42.6 Å². The largest absolute Gasteiger partial charge is 0.316 e. The van der Waals surface area contributed by atoms with E-state index in [9.17, 15) is 0 Å². The molecular formula is C16H25N. The van der Waals surface area contributed by atoms with Crippen LogP contribution < -0.4 is 5.32 Å². The zero-order chi connectivity index (χ0) is 11.9. The van der Waals surface area contributed by atoms with E-state index in [1.54, 1.807) is 0 Å². The lowest BCUT2D eigenvalue weighted by Gasteiger charge is -2.34. The van der Waals surface area contributed by atoms with Crippen molar-refractivity contribution in [2.75, 3.05) is 13.1 Å². The number of hydrogen-bond donors (Lipinski definition) is 1. The van der Waals surface area contributed by atoms with Crippen LogP contribution in [-0.4, -0.2) is 13.1 Å². The monoisotopic (exact) mass is 231 g/mol. The molecule has 1 fully saturated rings. The molecule has 1 atom stereocenters. The van der Waals surface area contributed by atoms with Gasteiger partial charge in [0.1, 0.15) is 0 Å². The standard InChI is InChI=1S/C16H25N/c1-2-11-17-13-16(15-9-6-10-15)12-14-7-4-3-5-8-14/h3-5,7-8,15-17H,2,6,9-13H2,1H3. The third-order valence-electron chi connectivity index (χ3n) is 3.99. The summed E-state index contributed by atoms with van der Waals surface area (Å²) < 4.78 is 0. The van der Waals surface area contributed by atoms with Gasteiger partial charge in [-0.05, 0) is 43.3 Å². The van der Waals surface area contributed by atoms with Gasteiger partial charge >= 0.3 is 0 Å². The molecule has 1 nitrogen and oxygen atoms in total. The summed E-state index contributed by atoms with van der Waals surface area (Å²) in [7, 11) is 0. The molecule has 1 unspecified atom stereocenters. The summed E-state index contributed by atoms with van der Waals surface area (Å²) in [6, 6.07) is 11.0. The highest BCUT2D eigenvalue weighted by atomic mass is 14.9. The fraction of sp³-hybridized carbons (Fsp3) is 0.625. The Bertz CT molecular complexity index is 303. The molecule has 94 valence electrons. The third-order valence-corrected chi connectivity index (χ3v) is 3.99. The number of hydrogen-bond acceptors (Lipinski definition) is 1. The molecule has 1 aliphatic carbocycles. The van der Waals surface area contributed by atoms with Crippen molar-refractivity contribution in [3.63, 3.8) is 0 Å². The molecule has 17 heavy (non-hydrogen) atoms. The third kappa shape index (κ3) is 3.85.